The molecule has 10 heteroatoms. The highest BCUT2D eigenvalue weighted by molar-refractivity contribution is 9.10. The lowest BCUT2D eigenvalue weighted by atomic mass is 9.84. The predicted octanol–water partition coefficient (Wildman–Crippen LogP) is 3.98. The van der Waals surface area contributed by atoms with E-state index in [1.807, 2.05) is 20.8 Å². The summed E-state index contributed by atoms with van der Waals surface area (Å²) in [7, 11) is -2.31. The van der Waals surface area contributed by atoms with Gasteiger partial charge in [0.1, 0.15) is 5.60 Å². The van der Waals surface area contributed by atoms with Crippen molar-refractivity contribution in [2.45, 2.75) is 69.8 Å². The van der Waals surface area contributed by atoms with Crippen LogP contribution in [0.3, 0.4) is 0 Å². The zero-order valence-corrected chi connectivity index (χ0v) is 21.6. The van der Waals surface area contributed by atoms with Crippen molar-refractivity contribution < 1.29 is 27.5 Å². The molecule has 0 aromatic heterocycles. The number of rotatable bonds is 8. The van der Waals surface area contributed by atoms with E-state index in [2.05, 4.69) is 20.7 Å². The Bertz CT molecular complexity index is 888. The van der Waals surface area contributed by atoms with E-state index in [1.54, 1.807) is 29.2 Å². The van der Waals surface area contributed by atoms with E-state index in [0.29, 0.717) is 44.3 Å². The molecular weight excluding hydrogens is 500 g/mol. The van der Waals surface area contributed by atoms with Gasteiger partial charge < -0.3 is 14.4 Å². The Morgan fingerprint density at radius 3 is 2.28 bits per heavy atom. The Labute approximate surface area is 199 Å². The molecule has 180 valence electrons. The maximum absolute atomic E-state index is 13.0. The van der Waals surface area contributed by atoms with Gasteiger partial charge in [0, 0.05) is 29.5 Å². The largest absolute Gasteiger partial charge is 0.469 e. The Morgan fingerprint density at radius 2 is 1.75 bits per heavy atom. The quantitative estimate of drug-likeness (QED) is 0.508. The van der Waals surface area contributed by atoms with Gasteiger partial charge in [-0.3, -0.25) is 4.79 Å². The first-order chi connectivity index (χ1) is 14.8. The molecule has 32 heavy (non-hydrogen) atoms. The van der Waals surface area contributed by atoms with Crippen molar-refractivity contribution in [2.75, 3.05) is 20.2 Å². The van der Waals surface area contributed by atoms with E-state index in [-0.39, 0.29) is 18.1 Å². The molecule has 1 amide bonds. The van der Waals surface area contributed by atoms with Gasteiger partial charge in [0.15, 0.2) is 0 Å². The van der Waals surface area contributed by atoms with E-state index in [0.717, 1.165) is 4.47 Å². The number of nitrogens with zero attached hydrogens (tertiary/aromatic N) is 1. The van der Waals surface area contributed by atoms with Gasteiger partial charge in [-0.2, -0.15) is 0 Å². The van der Waals surface area contributed by atoms with Gasteiger partial charge in [-0.05, 0) is 64.2 Å². The average molecular weight is 533 g/mol. The van der Waals surface area contributed by atoms with Gasteiger partial charge >= 0.3 is 12.1 Å². The molecule has 1 aliphatic rings. The highest BCUT2D eigenvalue weighted by Crippen LogP contribution is 2.30. The average Bonchev–Trinajstić information content (AvgIpc) is 2.68. The summed E-state index contributed by atoms with van der Waals surface area (Å²) in [4.78, 5) is 25.6. The highest BCUT2D eigenvalue weighted by atomic mass is 79.9. The van der Waals surface area contributed by atoms with Crippen LogP contribution < -0.4 is 4.72 Å². The van der Waals surface area contributed by atoms with Gasteiger partial charge in [-0.15, -0.1) is 0 Å². The number of ether oxygens (including phenoxy) is 2. The summed E-state index contributed by atoms with van der Waals surface area (Å²) in [5, 5.41) is 0. The zero-order valence-electron chi connectivity index (χ0n) is 19.1. The second-order valence-corrected chi connectivity index (χ2v) is 11.8. The number of sulfonamides is 1. The molecule has 0 aliphatic carbocycles. The molecule has 1 aliphatic heterocycles. The maximum atomic E-state index is 13.0. The summed E-state index contributed by atoms with van der Waals surface area (Å²) < 4.78 is 39.9. The van der Waals surface area contributed by atoms with E-state index < -0.39 is 27.3 Å². The SMILES string of the molecule is COC(=O)CCCC1(NS(=O)(=O)Cc2ccc(Br)cc2)CCN(C(=O)OC(C)(C)C)CC1. The molecule has 0 unspecified atom stereocenters. The lowest BCUT2D eigenvalue weighted by Gasteiger charge is -2.42. The number of piperidine rings is 1. The van der Waals surface area contributed by atoms with Gasteiger partial charge in [0.05, 0.1) is 12.9 Å². The second-order valence-electron chi connectivity index (χ2n) is 9.17. The number of halogens is 1. The normalized spacial score (nSPS) is 16.5. The van der Waals surface area contributed by atoms with Crippen LogP contribution in [0.15, 0.2) is 28.7 Å². The van der Waals surface area contributed by atoms with Crippen molar-refractivity contribution in [1.29, 1.82) is 0 Å². The number of carbonyl (C=O) groups is 2. The van der Waals surface area contributed by atoms with Crippen LogP contribution in [-0.4, -0.2) is 56.7 Å². The summed E-state index contributed by atoms with van der Waals surface area (Å²) in [5.41, 5.74) is -0.657. The van der Waals surface area contributed by atoms with Crippen LogP contribution in [0, 0.1) is 0 Å². The van der Waals surface area contributed by atoms with Crippen LogP contribution in [0.5, 0.6) is 0 Å². The van der Waals surface area contributed by atoms with E-state index in [9.17, 15) is 18.0 Å². The fourth-order valence-electron chi connectivity index (χ4n) is 3.69. The minimum Gasteiger partial charge on any atom is -0.469 e. The smallest absolute Gasteiger partial charge is 0.410 e. The molecule has 0 spiro atoms. The minimum atomic E-state index is -3.64. The lowest BCUT2D eigenvalue weighted by Crippen LogP contribution is -2.56. The molecule has 0 atom stereocenters. The highest BCUT2D eigenvalue weighted by Gasteiger charge is 2.39. The standard InChI is InChI=1S/C22H33BrN2O6S/c1-21(2,3)31-20(27)25-14-12-22(13-15-25,11-5-6-19(26)30-4)24-32(28,29)16-17-7-9-18(23)10-8-17/h7-10,24H,5-6,11-16H2,1-4H3. The Hall–Kier alpha value is -1.65. The number of nitrogens with one attached hydrogen (secondary N) is 1. The van der Waals surface area contributed by atoms with Crippen LogP contribution >= 0.6 is 15.9 Å². The Balaban J connectivity index is 2.10. The van der Waals surface area contributed by atoms with Gasteiger partial charge in [-0.25, -0.2) is 17.9 Å². The van der Waals surface area contributed by atoms with Crippen molar-refractivity contribution in [3.8, 4) is 0 Å². The first kappa shape index (κ1) is 26.6. The Morgan fingerprint density at radius 1 is 1.16 bits per heavy atom. The predicted molar refractivity (Wildman–Crippen MR) is 126 cm³/mol. The van der Waals surface area contributed by atoms with Crippen LogP contribution in [0.4, 0.5) is 4.79 Å². The van der Waals surface area contributed by atoms with Gasteiger partial charge in [0.2, 0.25) is 10.0 Å². The molecule has 8 nitrogen and oxygen atoms in total. The monoisotopic (exact) mass is 532 g/mol. The van der Waals surface area contributed by atoms with E-state index in [4.69, 9.17) is 9.47 Å². The molecular formula is C22H33BrN2O6S. The number of amides is 1. The summed E-state index contributed by atoms with van der Waals surface area (Å²) in [6.07, 6.45) is 1.64. The number of methoxy groups -OCH3 is 1. The minimum absolute atomic E-state index is 0.144. The number of carbonyl (C=O) groups excluding carboxylic acids is 2. The molecule has 1 fully saturated rings. The molecule has 2 rings (SSSR count). The summed E-state index contributed by atoms with van der Waals surface area (Å²) >= 11 is 3.35. The van der Waals surface area contributed by atoms with Crippen molar-refractivity contribution in [3.63, 3.8) is 0 Å². The van der Waals surface area contributed by atoms with Crippen LogP contribution in [0.2, 0.25) is 0 Å². The fourth-order valence-corrected chi connectivity index (χ4v) is 5.62. The Kier molecular flexibility index (Phi) is 9.13. The van der Waals surface area contributed by atoms with Crippen molar-refractivity contribution in [2.24, 2.45) is 0 Å². The molecule has 1 heterocycles. The van der Waals surface area contributed by atoms with Crippen LogP contribution in [0.1, 0.15) is 58.4 Å². The topological polar surface area (TPSA) is 102 Å². The lowest BCUT2D eigenvalue weighted by molar-refractivity contribution is -0.140. The molecule has 1 aromatic carbocycles. The summed E-state index contributed by atoms with van der Waals surface area (Å²) in [5.74, 6) is -0.474. The van der Waals surface area contributed by atoms with Crippen LogP contribution in [0.25, 0.3) is 0 Å². The second kappa shape index (κ2) is 11.0. The molecule has 0 bridgehead atoms. The summed E-state index contributed by atoms with van der Waals surface area (Å²) in [6.45, 7) is 6.16. The number of benzene rings is 1. The first-order valence-electron chi connectivity index (χ1n) is 10.6. The fraction of sp³-hybridized carbons (Fsp3) is 0.636. The number of hydrogen-bond acceptors (Lipinski definition) is 6. The van der Waals surface area contributed by atoms with E-state index in [1.165, 1.54) is 7.11 Å². The van der Waals surface area contributed by atoms with E-state index >= 15 is 0 Å². The van der Waals surface area contributed by atoms with Crippen molar-refractivity contribution >= 4 is 38.0 Å². The number of esters is 1. The maximum Gasteiger partial charge on any atom is 0.410 e. The number of likely N-dealkylation sites (tertiary alicyclic amines) is 1. The molecule has 1 N–H and O–H groups in total. The molecule has 1 saturated heterocycles. The van der Waals surface area contributed by atoms with Crippen LogP contribution in [-0.2, 0) is 30.0 Å². The number of hydrogen-bond donors (Lipinski definition) is 1. The van der Waals surface area contributed by atoms with Crippen molar-refractivity contribution in [3.05, 3.63) is 34.3 Å². The van der Waals surface area contributed by atoms with Crippen molar-refractivity contribution in [1.82, 2.24) is 9.62 Å². The summed E-state index contributed by atoms with van der Waals surface area (Å²) in [6, 6.07) is 7.13. The molecule has 1 aromatic rings. The first-order valence-corrected chi connectivity index (χ1v) is 13.1. The third kappa shape index (κ3) is 8.71. The third-order valence-corrected chi connectivity index (χ3v) is 7.26. The van der Waals surface area contributed by atoms with Gasteiger partial charge in [-0.1, -0.05) is 28.1 Å². The van der Waals surface area contributed by atoms with Gasteiger partial charge in [0.25, 0.3) is 0 Å². The molecule has 0 saturated carbocycles. The third-order valence-electron chi connectivity index (χ3n) is 5.28. The molecule has 0 radical (unpaired) electrons. The zero-order chi connectivity index (χ0) is 24.0.